The van der Waals surface area contributed by atoms with E-state index in [1.807, 2.05) is 24.3 Å². The molecule has 0 aliphatic carbocycles. The van der Waals surface area contributed by atoms with E-state index in [1.165, 1.54) is 25.7 Å². The molecule has 19 heavy (non-hydrogen) atoms. The van der Waals surface area contributed by atoms with Gasteiger partial charge < -0.3 is 9.84 Å². The summed E-state index contributed by atoms with van der Waals surface area (Å²) in [5.41, 5.74) is 0.839. The summed E-state index contributed by atoms with van der Waals surface area (Å²) >= 11 is 0. The van der Waals surface area contributed by atoms with Gasteiger partial charge in [0.15, 0.2) is 0 Å². The molecule has 1 aromatic rings. The zero-order valence-corrected chi connectivity index (χ0v) is 11.5. The number of benzene rings is 1. The summed E-state index contributed by atoms with van der Waals surface area (Å²) in [6.45, 7) is 2.92. The summed E-state index contributed by atoms with van der Waals surface area (Å²) in [6, 6.07) is 7.47. The van der Waals surface area contributed by atoms with Gasteiger partial charge in [0.2, 0.25) is 0 Å². The molecular formula is C16H22O3. The quantitative estimate of drug-likeness (QED) is 0.537. The predicted octanol–water partition coefficient (Wildman–Crippen LogP) is 4.13. The molecule has 0 aliphatic heterocycles. The third kappa shape index (κ3) is 7.29. The van der Waals surface area contributed by atoms with Crippen LogP contribution in [0.15, 0.2) is 30.3 Å². The highest BCUT2D eigenvalue weighted by Crippen LogP contribution is 2.15. The molecule has 0 unspecified atom stereocenters. The number of carbonyl (C=O) groups is 1. The Balaban J connectivity index is 2.34. The summed E-state index contributed by atoms with van der Waals surface area (Å²) in [5.74, 6) is -0.148. The van der Waals surface area contributed by atoms with Crippen molar-refractivity contribution in [1.82, 2.24) is 0 Å². The highest BCUT2D eigenvalue weighted by Gasteiger charge is 1.96. The molecule has 0 saturated carbocycles. The van der Waals surface area contributed by atoms with E-state index < -0.39 is 5.97 Å². The van der Waals surface area contributed by atoms with Crippen LogP contribution in [0.3, 0.4) is 0 Å². The number of unbranched alkanes of at least 4 members (excludes halogenated alkanes) is 4. The zero-order valence-electron chi connectivity index (χ0n) is 11.5. The molecule has 0 fully saturated rings. The van der Waals surface area contributed by atoms with Crippen LogP contribution in [-0.4, -0.2) is 17.7 Å². The van der Waals surface area contributed by atoms with Gasteiger partial charge in [0.25, 0.3) is 0 Å². The van der Waals surface area contributed by atoms with Crippen LogP contribution in [0.1, 0.15) is 44.6 Å². The highest BCUT2D eigenvalue weighted by molar-refractivity contribution is 5.85. The van der Waals surface area contributed by atoms with Gasteiger partial charge in [0.1, 0.15) is 5.75 Å². The van der Waals surface area contributed by atoms with Crippen LogP contribution in [0, 0.1) is 0 Å². The lowest BCUT2D eigenvalue weighted by Gasteiger charge is -2.06. The van der Waals surface area contributed by atoms with Gasteiger partial charge in [-0.05, 0) is 30.2 Å². The average Bonchev–Trinajstić information content (AvgIpc) is 2.41. The normalized spacial score (nSPS) is 10.8. The highest BCUT2D eigenvalue weighted by atomic mass is 16.5. The molecule has 0 atom stereocenters. The Morgan fingerprint density at radius 3 is 2.79 bits per heavy atom. The summed E-state index contributed by atoms with van der Waals surface area (Å²) in [4.78, 5) is 10.4. The molecule has 0 radical (unpaired) electrons. The fourth-order valence-electron chi connectivity index (χ4n) is 1.77. The van der Waals surface area contributed by atoms with Crippen LogP contribution in [-0.2, 0) is 4.79 Å². The molecule has 0 heterocycles. The van der Waals surface area contributed by atoms with Crippen molar-refractivity contribution in [3.63, 3.8) is 0 Å². The topological polar surface area (TPSA) is 46.5 Å². The molecule has 0 aromatic heterocycles. The van der Waals surface area contributed by atoms with Crippen molar-refractivity contribution in [2.45, 2.75) is 39.0 Å². The molecular weight excluding hydrogens is 240 g/mol. The minimum atomic E-state index is -0.942. The van der Waals surface area contributed by atoms with Gasteiger partial charge in [-0.1, -0.05) is 44.7 Å². The smallest absolute Gasteiger partial charge is 0.328 e. The summed E-state index contributed by atoms with van der Waals surface area (Å²) in [6.07, 6.45) is 8.76. The fraction of sp³-hybridized carbons (Fsp3) is 0.438. The Kier molecular flexibility index (Phi) is 7.40. The van der Waals surface area contributed by atoms with Crippen molar-refractivity contribution in [2.24, 2.45) is 0 Å². The molecule has 1 aromatic carbocycles. The maximum Gasteiger partial charge on any atom is 0.328 e. The van der Waals surface area contributed by atoms with Gasteiger partial charge in [-0.25, -0.2) is 4.79 Å². The first-order valence-electron chi connectivity index (χ1n) is 6.86. The number of carboxylic acid groups (broad SMARTS) is 1. The molecule has 1 N–H and O–H groups in total. The maximum absolute atomic E-state index is 10.4. The lowest BCUT2D eigenvalue weighted by molar-refractivity contribution is -0.131. The SMILES string of the molecule is CCCCCCCOc1cccc(/C=C/C(=O)O)c1. The first kappa shape index (κ1) is 15.3. The minimum absolute atomic E-state index is 0.718. The molecule has 1 rings (SSSR count). The van der Waals surface area contributed by atoms with Crippen LogP contribution < -0.4 is 4.74 Å². The van der Waals surface area contributed by atoms with E-state index in [0.717, 1.165) is 30.4 Å². The molecule has 104 valence electrons. The van der Waals surface area contributed by atoms with E-state index in [4.69, 9.17) is 9.84 Å². The van der Waals surface area contributed by atoms with Crippen LogP contribution in [0.2, 0.25) is 0 Å². The second kappa shape index (κ2) is 9.20. The van der Waals surface area contributed by atoms with Gasteiger partial charge >= 0.3 is 5.97 Å². The molecule has 0 bridgehead atoms. The Morgan fingerprint density at radius 2 is 2.05 bits per heavy atom. The van der Waals surface area contributed by atoms with E-state index in [1.54, 1.807) is 6.08 Å². The Bertz CT molecular complexity index is 410. The monoisotopic (exact) mass is 262 g/mol. The van der Waals surface area contributed by atoms with E-state index in [9.17, 15) is 4.79 Å². The van der Waals surface area contributed by atoms with Crippen LogP contribution in [0.25, 0.3) is 6.08 Å². The molecule has 0 aliphatic rings. The van der Waals surface area contributed by atoms with Gasteiger partial charge in [0, 0.05) is 6.08 Å². The number of aliphatic carboxylic acids is 1. The second-order valence-electron chi connectivity index (χ2n) is 4.51. The molecule has 3 heteroatoms. The first-order valence-corrected chi connectivity index (χ1v) is 6.86. The molecule has 0 amide bonds. The van der Waals surface area contributed by atoms with Crippen molar-refractivity contribution < 1.29 is 14.6 Å². The number of rotatable bonds is 9. The number of hydrogen-bond acceptors (Lipinski definition) is 2. The number of carboxylic acids is 1. The van der Waals surface area contributed by atoms with Gasteiger partial charge in [0.05, 0.1) is 6.61 Å². The van der Waals surface area contributed by atoms with Crippen molar-refractivity contribution in [3.05, 3.63) is 35.9 Å². The van der Waals surface area contributed by atoms with Crippen LogP contribution >= 0.6 is 0 Å². The number of hydrogen-bond donors (Lipinski definition) is 1. The molecule has 0 saturated heterocycles. The maximum atomic E-state index is 10.4. The van der Waals surface area contributed by atoms with Gasteiger partial charge in [-0.2, -0.15) is 0 Å². The third-order valence-electron chi connectivity index (χ3n) is 2.79. The van der Waals surface area contributed by atoms with E-state index >= 15 is 0 Å². The Labute approximate surface area is 114 Å². The van der Waals surface area contributed by atoms with Crippen molar-refractivity contribution in [1.29, 1.82) is 0 Å². The average molecular weight is 262 g/mol. The first-order chi connectivity index (χ1) is 9.22. The molecule has 3 nitrogen and oxygen atoms in total. The summed E-state index contributed by atoms with van der Waals surface area (Å²) in [5, 5.41) is 8.57. The zero-order chi connectivity index (χ0) is 13.9. The van der Waals surface area contributed by atoms with E-state index in [2.05, 4.69) is 6.92 Å². The van der Waals surface area contributed by atoms with Crippen molar-refractivity contribution >= 4 is 12.0 Å². The minimum Gasteiger partial charge on any atom is -0.494 e. The van der Waals surface area contributed by atoms with Crippen LogP contribution in [0.5, 0.6) is 5.75 Å². The Hall–Kier alpha value is -1.77. The second-order valence-corrected chi connectivity index (χ2v) is 4.51. The standard InChI is InChI=1S/C16H22O3/c1-2-3-4-5-6-12-19-15-9-7-8-14(13-15)10-11-16(17)18/h7-11,13H,2-6,12H2,1H3,(H,17,18)/b11-10+. The van der Waals surface area contributed by atoms with Crippen molar-refractivity contribution in [2.75, 3.05) is 6.61 Å². The van der Waals surface area contributed by atoms with E-state index in [0.29, 0.717) is 0 Å². The molecule has 0 spiro atoms. The fourth-order valence-corrected chi connectivity index (χ4v) is 1.77. The predicted molar refractivity (Wildman–Crippen MR) is 77.4 cm³/mol. The van der Waals surface area contributed by atoms with Gasteiger partial charge in [-0.15, -0.1) is 0 Å². The third-order valence-corrected chi connectivity index (χ3v) is 2.79. The largest absolute Gasteiger partial charge is 0.494 e. The lowest BCUT2D eigenvalue weighted by atomic mass is 10.2. The van der Waals surface area contributed by atoms with Crippen molar-refractivity contribution in [3.8, 4) is 5.75 Å². The summed E-state index contributed by atoms with van der Waals surface area (Å²) < 4.78 is 5.65. The lowest BCUT2D eigenvalue weighted by Crippen LogP contribution is -1.97. The number of ether oxygens (including phenoxy) is 1. The Morgan fingerprint density at radius 1 is 1.26 bits per heavy atom. The van der Waals surface area contributed by atoms with Crippen LogP contribution in [0.4, 0.5) is 0 Å². The van der Waals surface area contributed by atoms with E-state index in [-0.39, 0.29) is 0 Å². The van der Waals surface area contributed by atoms with Gasteiger partial charge in [-0.3, -0.25) is 0 Å². The summed E-state index contributed by atoms with van der Waals surface area (Å²) in [7, 11) is 0.